The molecule has 0 bridgehead atoms. The maximum absolute atomic E-state index is 6.07. The first-order chi connectivity index (χ1) is 6.20. The van der Waals surface area contributed by atoms with Gasteiger partial charge in [-0.25, -0.2) is 0 Å². The van der Waals surface area contributed by atoms with Crippen LogP contribution in [0.5, 0.6) is 0 Å². The summed E-state index contributed by atoms with van der Waals surface area (Å²) in [5, 5.41) is 0.779. The summed E-state index contributed by atoms with van der Waals surface area (Å²) in [7, 11) is 0. The first-order valence-electron chi connectivity index (χ1n) is 4.26. The molecule has 0 heterocycles. The highest BCUT2D eigenvalue weighted by Gasteiger charge is 1.93. The molecule has 0 spiro atoms. The van der Waals surface area contributed by atoms with E-state index in [0.717, 1.165) is 10.6 Å². The van der Waals surface area contributed by atoms with Gasteiger partial charge >= 0.3 is 0 Å². The van der Waals surface area contributed by atoms with Crippen molar-refractivity contribution < 1.29 is 0 Å². The van der Waals surface area contributed by atoms with Crippen LogP contribution < -0.4 is 0 Å². The van der Waals surface area contributed by atoms with E-state index in [4.69, 9.17) is 11.6 Å². The third-order valence-electron chi connectivity index (χ3n) is 1.61. The van der Waals surface area contributed by atoms with Gasteiger partial charge in [0, 0.05) is 5.03 Å². The molecule has 0 nitrogen and oxygen atoms in total. The topological polar surface area (TPSA) is 0 Å². The molecule has 0 aliphatic carbocycles. The maximum Gasteiger partial charge on any atom is 0.0478 e. The molecule has 0 aromatic heterocycles. The van der Waals surface area contributed by atoms with Crippen molar-refractivity contribution in [3.05, 3.63) is 53.6 Å². The fraction of sp³-hybridized carbons (Fsp3) is 0.167. The van der Waals surface area contributed by atoms with Crippen molar-refractivity contribution in [1.82, 2.24) is 0 Å². The summed E-state index contributed by atoms with van der Waals surface area (Å²) >= 11 is 6.07. The number of rotatable bonds is 2. The third kappa shape index (κ3) is 3.47. The summed E-state index contributed by atoms with van der Waals surface area (Å²) in [6.07, 6.45) is 3.93. The zero-order valence-electron chi connectivity index (χ0n) is 7.92. The van der Waals surface area contributed by atoms with Crippen molar-refractivity contribution in [2.24, 2.45) is 0 Å². The molecular weight excluding hydrogens is 180 g/mol. The van der Waals surface area contributed by atoms with Crippen molar-refractivity contribution in [2.45, 2.75) is 13.8 Å². The SMILES string of the molecule is CC(C)=C/C=C(/Cl)c1ccccc1. The van der Waals surface area contributed by atoms with Crippen molar-refractivity contribution in [1.29, 1.82) is 0 Å². The van der Waals surface area contributed by atoms with Crippen LogP contribution in [0.25, 0.3) is 5.03 Å². The van der Waals surface area contributed by atoms with E-state index in [0.29, 0.717) is 0 Å². The zero-order valence-corrected chi connectivity index (χ0v) is 8.68. The molecule has 1 rings (SSSR count). The summed E-state index contributed by atoms with van der Waals surface area (Å²) in [6, 6.07) is 9.94. The lowest BCUT2D eigenvalue weighted by Gasteiger charge is -1.96. The monoisotopic (exact) mass is 192 g/mol. The highest BCUT2D eigenvalue weighted by molar-refractivity contribution is 6.48. The van der Waals surface area contributed by atoms with Crippen LogP contribution in [0.1, 0.15) is 19.4 Å². The Bertz CT molecular complexity index is 316. The van der Waals surface area contributed by atoms with Crippen LogP contribution in [0.4, 0.5) is 0 Å². The van der Waals surface area contributed by atoms with Gasteiger partial charge in [0.2, 0.25) is 0 Å². The molecule has 0 saturated heterocycles. The maximum atomic E-state index is 6.07. The van der Waals surface area contributed by atoms with Crippen molar-refractivity contribution >= 4 is 16.6 Å². The summed E-state index contributed by atoms with van der Waals surface area (Å²) in [5.41, 5.74) is 2.30. The Hall–Kier alpha value is -1.01. The molecule has 0 fully saturated rings. The van der Waals surface area contributed by atoms with Gasteiger partial charge in [0.15, 0.2) is 0 Å². The molecule has 0 amide bonds. The van der Waals surface area contributed by atoms with E-state index in [1.807, 2.05) is 56.3 Å². The molecule has 68 valence electrons. The van der Waals surface area contributed by atoms with Crippen LogP contribution >= 0.6 is 11.6 Å². The molecule has 0 aliphatic heterocycles. The van der Waals surface area contributed by atoms with Crippen LogP contribution in [0.2, 0.25) is 0 Å². The molecule has 0 unspecified atom stereocenters. The van der Waals surface area contributed by atoms with Gasteiger partial charge in [-0.15, -0.1) is 0 Å². The van der Waals surface area contributed by atoms with Gasteiger partial charge in [0.1, 0.15) is 0 Å². The molecule has 1 aromatic carbocycles. The Morgan fingerprint density at radius 2 is 1.69 bits per heavy atom. The van der Waals surface area contributed by atoms with Crippen LogP contribution in [0, 0.1) is 0 Å². The number of benzene rings is 1. The predicted molar refractivity (Wildman–Crippen MR) is 59.7 cm³/mol. The van der Waals surface area contributed by atoms with Crippen molar-refractivity contribution in [3.63, 3.8) is 0 Å². The normalized spacial score (nSPS) is 11.2. The Labute approximate surface area is 84.5 Å². The quantitative estimate of drug-likeness (QED) is 0.616. The van der Waals surface area contributed by atoms with Crippen LogP contribution in [-0.2, 0) is 0 Å². The van der Waals surface area contributed by atoms with Crippen molar-refractivity contribution in [2.75, 3.05) is 0 Å². The number of hydrogen-bond acceptors (Lipinski definition) is 0. The fourth-order valence-corrected chi connectivity index (χ4v) is 1.12. The Kier molecular flexibility index (Phi) is 3.78. The number of halogens is 1. The second-order valence-corrected chi connectivity index (χ2v) is 3.53. The second-order valence-electron chi connectivity index (χ2n) is 3.12. The average molecular weight is 193 g/mol. The molecular formula is C12H13Cl. The lowest BCUT2D eigenvalue weighted by atomic mass is 10.2. The van der Waals surface area contributed by atoms with Crippen LogP contribution in [0.15, 0.2) is 48.1 Å². The summed E-state index contributed by atoms with van der Waals surface area (Å²) in [4.78, 5) is 0. The molecule has 1 aromatic rings. The summed E-state index contributed by atoms with van der Waals surface area (Å²) in [6.45, 7) is 4.09. The molecule has 1 heteroatoms. The first-order valence-corrected chi connectivity index (χ1v) is 4.64. The number of hydrogen-bond donors (Lipinski definition) is 0. The Balaban J connectivity index is 2.86. The largest absolute Gasteiger partial charge is 0.0837 e. The van der Waals surface area contributed by atoms with Gasteiger partial charge in [-0.1, -0.05) is 53.6 Å². The highest BCUT2D eigenvalue weighted by Crippen LogP contribution is 2.18. The zero-order chi connectivity index (χ0) is 9.68. The van der Waals surface area contributed by atoms with E-state index in [1.54, 1.807) is 0 Å². The minimum atomic E-state index is 0.779. The fourth-order valence-electron chi connectivity index (χ4n) is 0.933. The summed E-state index contributed by atoms with van der Waals surface area (Å²) < 4.78 is 0. The highest BCUT2D eigenvalue weighted by atomic mass is 35.5. The minimum Gasteiger partial charge on any atom is -0.0837 e. The molecule has 13 heavy (non-hydrogen) atoms. The van der Waals surface area contributed by atoms with Gasteiger partial charge in [0.25, 0.3) is 0 Å². The Morgan fingerprint density at radius 1 is 1.08 bits per heavy atom. The van der Waals surface area contributed by atoms with E-state index in [-0.39, 0.29) is 0 Å². The lowest BCUT2D eigenvalue weighted by Crippen LogP contribution is -1.74. The predicted octanol–water partition coefficient (Wildman–Crippen LogP) is 4.23. The van der Waals surface area contributed by atoms with Gasteiger partial charge in [0.05, 0.1) is 0 Å². The second kappa shape index (κ2) is 4.88. The Morgan fingerprint density at radius 3 is 2.23 bits per heavy atom. The molecule has 0 saturated carbocycles. The van der Waals surface area contributed by atoms with Crippen LogP contribution in [0.3, 0.4) is 0 Å². The molecule has 0 N–H and O–H groups in total. The standard InChI is InChI=1S/C12H13Cl/c1-10(2)8-9-12(13)11-6-4-3-5-7-11/h3-9H,1-2H3/b12-9+. The minimum absolute atomic E-state index is 0.779. The molecule has 0 radical (unpaired) electrons. The van der Waals surface area contributed by atoms with E-state index >= 15 is 0 Å². The lowest BCUT2D eigenvalue weighted by molar-refractivity contribution is 1.39. The summed E-state index contributed by atoms with van der Waals surface area (Å²) in [5.74, 6) is 0. The number of allylic oxidation sites excluding steroid dienone is 3. The van der Waals surface area contributed by atoms with E-state index < -0.39 is 0 Å². The van der Waals surface area contributed by atoms with Gasteiger partial charge in [-0.3, -0.25) is 0 Å². The first kappa shape index (κ1) is 10.1. The van der Waals surface area contributed by atoms with Crippen molar-refractivity contribution in [3.8, 4) is 0 Å². The molecule has 0 aliphatic rings. The van der Waals surface area contributed by atoms with Gasteiger partial charge < -0.3 is 0 Å². The average Bonchev–Trinajstić information content (AvgIpc) is 2.15. The smallest absolute Gasteiger partial charge is 0.0478 e. The molecule has 0 atom stereocenters. The van der Waals surface area contributed by atoms with Gasteiger partial charge in [-0.2, -0.15) is 0 Å². The van der Waals surface area contributed by atoms with Crippen LogP contribution in [-0.4, -0.2) is 0 Å². The van der Waals surface area contributed by atoms with E-state index in [2.05, 4.69) is 0 Å². The van der Waals surface area contributed by atoms with Gasteiger partial charge in [-0.05, 0) is 25.5 Å². The van der Waals surface area contributed by atoms with E-state index in [1.165, 1.54) is 5.57 Å². The van der Waals surface area contributed by atoms with E-state index in [9.17, 15) is 0 Å². The third-order valence-corrected chi connectivity index (χ3v) is 1.96.